The Morgan fingerprint density at radius 3 is 1.84 bits per heavy atom. The molecule has 0 amide bonds. The molecule has 1 heterocycles. The first-order chi connectivity index (χ1) is 22.1. The molecule has 0 unspecified atom stereocenters. The lowest BCUT2D eigenvalue weighted by atomic mass is 9.64. The van der Waals surface area contributed by atoms with Crippen molar-refractivity contribution in [3.63, 3.8) is 0 Å². The molecule has 0 radical (unpaired) electrons. The molecule has 0 saturated heterocycles. The van der Waals surface area contributed by atoms with Gasteiger partial charge in [0.05, 0.1) is 22.4 Å². The van der Waals surface area contributed by atoms with Crippen molar-refractivity contribution >= 4 is 34.7 Å². The van der Waals surface area contributed by atoms with Crippen LogP contribution in [-0.2, 0) is 5.41 Å². The van der Waals surface area contributed by atoms with Crippen molar-refractivity contribution in [2.45, 2.75) is 12.3 Å². The zero-order valence-corrected chi connectivity index (χ0v) is 24.6. The SMILES string of the molecule is Cc1ccc2c(c1)C(=O)/C(=C\c1ccc3c(c1)C1(c4ccccc4-c4ccccc41)c1ccccc1N3c1ccccc1)C2=O. The van der Waals surface area contributed by atoms with Gasteiger partial charge in [0, 0.05) is 16.8 Å². The van der Waals surface area contributed by atoms with Gasteiger partial charge in [-0.15, -0.1) is 0 Å². The van der Waals surface area contributed by atoms with Crippen molar-refractivity contribution in [3.8, 4) is 11.1 Å². The van der Waals surface area contributed by atoms with Gasteiger partial charge < -0.3 is 4.90 Å². The average molecular weight is 578 g/mol. The van der Waals surface area contributed by atoms with Gasteiger partial charge in [0.25, 0.3) is 0 Å². The first kappa shape index (κ1) is 25.7. The molecular formula is C42H27NO2. The number of carbonyl (C=O) groups excluding carboxylic acids is 2. The number of nitrogens with zero attached hydrogens (tertiary/aromatic N) is 1. The molecule has 1 spiro atoms. The van der Waals surface area contributed by atoms with E-state index >= 15 is 0 Å². The third-order valence-corrected chi connectivity index (χ3v) is 9.65. The van der Waals surface area contributed by atoms with E-state index in [0.717, 1.165) is 33.8 Å². The second-order valence-electron chi connectivity index (χ2n) is 12.1. The Morgan fingerprint density at radius 1 is 0.511 bits per heavy atom. The number of hydrogen-bond donors (Lipinski definition) is 0. The molecule has 0 aromatic heterocycles. The number of aryl methyl sites for hydroxylation is 1. The van der Waals surface area contributed by atoms with Crippen molar-refractivity contribution < 1.29 is 9.59 Å². The van der Waals surface area contributed by atoms with Crippen LogP contribution in [0.25, 0.3) is 17.2 Å². The molecule has 6 aromatic rings. The number of para-hydroxylation sites is 2. The second-order valence-corrected chi connectivity index (χ2v) is 12.1. The fraction of sp³-hybridized carbons (Fsp3) is 0.0476. The minimum Gasteiger partial charge on any atom is -0.310 e. The molecule has 212 valence electrons. The molecular weight excluding hydrogens is 550 g/mol. The summed E-state index contributed by atoms with van der Waals surface area (Å²) < 4.78 is 0. The highest BCUT2D eigenvalue weighted by Gasteiger charge is 2.51. The van der Waals surface area contributed by atoms with E-state index in [2.05, 4.69) is 114 Å². The number of benzene rings is 6. The zero-order chi connectivity index (χ0) is 30.3. The summed E-state index contributed by atoms with van der Waals surface area (Å²) in [6, 6.07) is 48.4. The molecule has 45 heavy (non-hydrogen) atoms. The van der Waals surface area contributed by atoms with Crippen molar-refractivity contribution in [2.75, 3.05) is 4.90 Å². The molecule has 1 aliphatic heterocycles. The number of allylic oxidation sites excluding steroid dienone is 1. The lowest BCUT2D eigenvalue weighted by Gasteiger charge is -2.45. The van der Waals surface area contributed by atoms with Crippen molar-refractivity contribution in [2.24, 2.45) is 0 Å². The van der Waals surface area contributed by atoms with Crippen LogP contribution < -0.4 is 4.90 Å². The van der Waals surface area contributed by atoms with Crippen LogP contribution in [0.5, 0.6) is 0 Å². The van der Waals surface area contributed by atoms with Gasteiger partial charge in [-0.1, -0.05) is 109 Å². The lowest BCUT2D eigenvalue weighted by Crippen LogP contribution is -2.36. The minimum absolute atomic E-state index is 0.209. The maximum Gasteiger partial charge on any atom is 0.197 e. The zero-order valence-electron chi connectivity index (χ0n) is 24.6. The average Bonchev–Trinajstić information content (AvgIpc) is 3.50. The van der Waals surface area contributed by atoms with Crippen LogP contribution in [-0.4, -0.2) is 11.6 Å². The fourth-order valence-corrected chi connectivity index (χ4v) is 7.81. The molecule has 3 aliphatic rings. The topological polar surface area (TPSA) is 37.4 Å². The van der Waals surface area contributed by atoms with Crippen LogP contribution in [0.3, 0.4) is 0 Å². The van der Waals surface area contributed by atoms with Crippen LogP contribution in [0.4, 0.5) is 17.1 Å². The van der Waals surface area contributed by atoms with Crippen molar-refractivity contribution in [3.05, 3.63) is 190 Å². The molecule has 2 aliphatic carbocycles. The predicted octanol–water partition coefficient (Wildman–Crippen LogP) is 9.60. The normalized spacial score (nSPS) is 15.9. The number of carbonyl (C=O) groups is 2. The molecule has 3 nitrogen and oxygen atoms in total. The first-order valence-corrected chi connectivity index (χ1v) is 15.3. The quantitative estimate of drug-likeness (QED) is 0.152. The third kappa shape index (κ3) is 3.41. The molecule has 0 N–H and O–H groups in total. The number of Topliss-reactive ketones (excluding diaryl/α,β-unsaturated/α-hetero) is 2. The third-order valence-electron chi connectivity index (χ3n) is 9.65. The van der Waals surface area contributed by atoms with Crippen LogP contribution in [0.2, 0.25) is 0 Å². The molecule has 0 fully saturated rings. The van der Waals surface area contributed by atoms with Gasteiger partial charge in [0.2, 0.25) is 0 Å². The van der Waals surface area contributed by atoms with Gasteiger partial charge in [-0.25, -0.2) is 0 Å². The van der Waals surface area contributed by atoms with Crippen LogP contribution in [0, 0.1) is 6.92 Å². The number of rotatable bonds is 2. The Hall–Kier alpha value is -5.80. The predicted molar refractivity (Wildman–Crippen MR) is 180 cm³/mol. The summed E-state index contributed by atoms with van der Waals surface area (Å²) in [6.45, 7) is 1.94. The van der Waals surface area contributed by atoms with Crippen LogP contribution in [0.15, 0.2) is 145 Å². The molecule has 3 heteroatoms. The number of anilines is 3. The molecule has 6 aromatic carbocycles. The summed E-state index contributed by atoms with van der Waals surface area (Å²) in [5, 5.41) is 0. The molecule has 0 saturated carbocycles. The van der Waals surface area contributed by atoms with E-state index < -0.39 is 5.41 Å². The first-order valence-electron chi connectivity index (χ1n) is 15.3. The Balaban J connectivity index is 1.35. The van der Waals surface area contributed by atoms with E-state index in [1.165, 1.54) is 27.8 Å². The highest BCUT2D eigenvalue weighted by molar-refractivity contribution is 6.41. The van der Waals surface area contributed by atoms with Gasteiger partial charge in [0.15, 0.2) is 11.6 Å². The standard InChI is InChI=1S/C42H27NO2/c1-26-19-21-31-32(23-26)41(45)33(40(31)44)24-27-20-22-39-37(25-27)42(34-15-7-5-13-29(34)30-14-6-8-16-35(30)42)36-17-9-10-18-38(36)43(39)28-11-3-2-4-12-28/h2-25H,1H3/b33-24-. The Labute approximate surface area is 261 Å². The fourth-order valence-electron chi connectivity index (χ4n) is 7.81. The van der Waals surface area contributed by atoms with Gasteiger partial charge >= 0.3 is 0 Å². The highest BCUT2D eigenvalue weighted by Crippen LogP contribution is 2.63. The van der Waals surface area contributed by atoms with E-state index in [1.54, 1.807) is 12.1 Å². The molecule has 0 atom stereocenters. The van der Waals surface area contributed by atoms with E-state index in [-0.39, 0.29) is 17.1 Å². The van der Waals surface area contributed by atoms with Gasteiger partial charge in [0.1, 0.15) is 0 Å². The molecule has 0 bridgehead atoms. The lowest BCUT2D eigenvalue weighted by molar-refractivity contribution is 0.0990. The Bertz CT molecular complexity index is 2230. The summed E-state index contributed by atoms with van der Waals surface area (Å²) in [4.78, 5) is 29.4. The summed E-state index contributed by atoms with van der Waals surface area (Å²) in [7, 11) is 0. The number of hydrogen-bond acceptors (Lipinski definition) is 3. The van der Waals surface area contributed by atoms with E-state index in [9.17, 15) is 9.59 Å². The Kier molecular flexibility index (Phi) is 5.33. The second kappa shape index (κ2) is 9.35. The van der Waals surface area contributed by atoms with E-state index in [0.29, 0.717) is 11.1 Å². The van der Waals surface area contributed by atoms with E-state index in [1.807, 2.05) is 31.2 Å². The van der Waals surface area contributed by atoms with Crippen molar-refractivity contribution in [1.82, 2.24) is 0 Å². The maximum atomic E-state index is 13.5. The summed E-state index contributed by atoms with van der Waals surface area (Å²) in [5.41, 5.74) is 12.8. The van der Waals surface area contributed by atoms with Gasteiger partial charge in [-0.2, -0.15) is 0 Å². The maximum absolute atomic E-state index is 13.5. The summed E-state index contributed by atoms with van der Waals surface area (Å²) in [5.74, 6) is -0.422. The largest absolute Gasteiger partial charge is 0.310 e. The van der Waals surface area contributed by atoms with Crippen LogP contribution >= 0.6 is 0 Å². The highest BCUT2D eigenvalue weighted by atomic mass is 16.2. The van der Waals surface area contributed by atoms with Crippen molar-refractivity contribution in [1.29, 1.82) is 0 Å². The monoisotopic (exact) mass is 577 g/mol. The number of ketones is 2. The van der Waals surface area contributed by atoms with Crippen LogP contribution in [0.1, 0.15) is 54.1 Å². The smallest absolute Gasteiger partial charge is 0.197 e. The van der Waals surface area contributed by atoms with E-state index in [4.69, 9.17) is 0 Å². The summed E-state index contributed by atoms with van der Waals surface area (Å²) >= 11 is 0. The minimum atomic E-state index is -0.595. The summed E-state index contributed by atoms with van der Waals surface area (Å²) in [6.07, 6.45) is 1.79. The number of fused-ring (bicyclic) bond motifs is 10. The molecule has 9 rings (SSSR count). The Morgan fingerprint density at radius 2 is 1.11 bits per heavy atom. The van der Waals surface area contributed by atoms with Gasteiger partial charge in [-0.3, -0.25) is 9.59 Å². The van der Waals surface area contributed by atoms with Gasteiger partial charge in [-0.05, 0) is 88.3 Å².